The number of carbonyl (C=O) groups is 3. The molecule has 1 aliphatic rings. The van der Waals surface area contributed by atoms with Crippen molar-refractivity contribution in [2.45, 2.75) is 30.6 Å². The first-order valence-corrected chi connectivity index (χ1v) is 12.9. The Hall–Kier alpha value is -2.97. The molecule has 0 aromatic heterocycles. The van der Waals surface area contributed by atoms with Crippen molar-refractivity contribution in [2.24, 2.45) is 0 Å². The summed E-state index contributed by atoms with van der Waals surface area (Å²) >= 11 is 0. The van der Waals surface area contributed by atoms with Crippen LogP contribution in [0.3, 0.4) is 0 Å². The van der Waals surface area contributed by atoms with Crippen molar-refractivity contribution in [3.05, 3.63) is 35.8 Å². The minimum Gasteiger partial charge on any atom is -0.505 e. The number of hydrogen-bond acceptors (Lipinski definition) is 11. The summed E-state index contributed by atoms with van der Waals surface area (Å²) in [5.74, 6) is -4.76. The largest absolute Gasteiger partial charge is 0.505 e. The number of aliphatic hydroxyl groups excluding tert-OH is 3. The zero-order chi connectivity index (χ0) is 26.6. The van der Waals surface area contributed by atoms with Crippen molar-refractivity contribution in [3.8, 4) is 0 Å². The molecule has 0 radical (unpaired) electrons. The third-order valence-corrected chi connectivity index (χ3v) is 7.70. The van der Waals surface area contributed by atoms with Gasteiger partial charge in [0.05, 0.1) is 6.42 Å². The first kappa shape index (κ1) is 28.3. The second kappa shape index (κ2) is 11.2. The topological polar surface area (TPSA) is 269 Å². The van der Waals surface area contributed by atoms with E-state index in [1.54, 1.807) is 0 Å². The van der Waals surface area contributed by atoms with E-state index in [0.717, 1.165) is 0 Å². The highest BCUT2D eigenvalue weighted by Crippen LogP contribution is 2.59. The first-order valence-electron chi connectivity index (χ1n) is 9.53. The van der Waals surface area contributed by atoms with E-state index in [-0.39, 0.29) is 17.8 Å². The van der Waals surface area contributed by atoms with Crippen LogP contribution in [0.5, 0.6) is 0 Å². The van der Waals surface area contributed by atoms with Gasteiger partial charge >= 0.3 is 27.1 Å². The number of nitrogens with one attached hydrogen (secondary N) is 2. The Morgan fingerprint density at radius 2 is 1.54 bits per heavy atom. The Balaban J connectivity index is 1.80. The van der Waals surface area contributed by atoms with Gasteiger partial charge in [0.25, 0.3) is 0 Å². The normalized spacial score (nSPS) is 17.2. The Kier molecular flexibility index (Phi) is 9.03. The standard InChI is InChI=1S/C17H22N2O14P2/c20-10(15-13(23)14(24)16(25)33-15)7-32-12(22)6-5-11(21)18-8-1-3-9(4-2-8)19-17(34(26,27)28)35(29,30)31/h1-4,10,15,17,19-20,23-24H,5-7H2,(H,18,21)(H2,26,27,28)(H2,29,30,31)/t10-,15?/m0/s1. The summed E-state index contributed by atoms with van der Waals surface area (Å²) in [6, 6.07) is 4.93. The predicted molar refractivity (Wildman–Crippen MR) is 115 cm³/mol. The number of aliphatic hydroxyl groups is 3. The lowest BCUT2D eigenvalue weighted by Crippen LogP contribution is -2.33. The molecule has 194 valence electrons. The van der Waals surface area contributed by atoms with E-state index < -0.39 is 75.3 Å². The molecule has 0 bridgehead atoms. The summed E-state index contributed by atoms with van der Waals surface area (Å²) in [6.07, 6.45) is -4.03. The van der Waals surface area contributed by atoms with E-state index in [0.29, 0.717) is 0 Å². The van der Waals surface area contributed by atoms with E-state index in [1.165, 1.54) is 24.3 Å². The third kappa shape index (κ3) is 8.04. The van der Waals surface area contributed by atoms with Crippen LogP contribution in [-0.4, -0.2) is 77.1 Å². The number of hydrogen-bond donors (Lipinski definition) is 9. The van der Waals surface area contributed by atoms with Crippen LogP contribution in [0.2, 0.25) is 0 Å². The summed E-state index contributed by atoms with van der Waals surface area (Å²) in [5.41, 5.74) is -2.31. The quantitative estimate of drug-likeness (QED) is 0.128. The van der Waals surface area contributed by atoms with Crippen LogP contribution < -0.4 is 10.6 Å². The Labute approximate surface area is 196 Å². The van der Waals surface area contributed by atoms with Gasteiger partial charge in [-0.25, -0.2) is 4.79 Å². The van der Waals surface area contributed by atoms with Gasteiger partial charge in [-0.2, -0.15) is 0 Å². The van der Waals surface area contributed by atoms with Gasteiger partial charge in [0.1, 0.15) is 12.7 Å². The molecule has 2 atom stereocenters. The average Bonchev–Trinajstić information content (AvgIpc) is 3.01. The number of carbonyl (C=O) groups excluding carboxylic acids is 3. The van der Waals surface area contributed by atoms with Crippen LogP contribution in [0.15, 0.2) is 35.8 Å². The lowest BCUT2D eigenvalue weighted by atomic mass is 10.2. The first-order chi connectivity index (χ1) is 16.1. The van der Waals surface area contributed by atoms with Crippen LogP contribution in [-0.2, 0) is 33.0 Å². The van der Waals surface area contributed by atoms with Gasteiger partial charge in [-0.3, -0.25) is 18.7 Å². The number of benzene rings is 1. The van der Waals surface area contributed by atoms with Crippen molar-refractivity contribution in [3.63, 3.8) is 0 Å². The SMILES string of the molecule is O=C(CCC(=O)OC[C@H](O)C1OC(=O)C(O)=C1O)Nc1ccc(NC(P(=O)(O)O)P(=O)(O)O)cc1. The summed E-state index contributed by atoms with van der Waals surface area (Å²) in [6.45, 7) is -0.700. The Bertz CT molecular complexity index is 1070. The maximum atomic E-state index is 12.0. The van der Waals surface area contributed by atoms with E-state index in [1.807, 2.05) is 5.32 Å². The molecule has 2 rings (SSSR count). The van der Waals surface area contributed by atoms with Crippen molar-refractivity contribution in [1.29, 1.82) is 0 Å². The maximum absolute atomic E-state index is 12.0. The number of amides is 1. The van der Waals surface area contributed by atoms with Crippen molar-refractivity contribution < 1.29 is 67.9 Å². The zero-order valence-corrected chi connectivity index (χ0v) is 19.3. The second-order valence-corrected chi connectivity index (χ2v) is 10.9. The molecule has 1 aliphatic heterocycles. The minimum absolute atomic E-state index is 0.0519. The van der Waals surface area contributed by atoms with Crippen LogP contribution in [0.4, 0.5) is 11.4 Å². The smallest absolute Gasteiger partial charge is 0.377 e. The molecule has 1 unspecified atom stereocenters. The number of ether oxygens (including phenoxy) is 2. The second-order valence-electron chi connectivity index (χ2n) is 7.13. The average molecular weight is 540 g/mol. The summed E-state index contributed by atoms with van der Waals surface area (Å²) in [7, 11) is -10.4. The van der Waals surface area contributed by atoms with Crippen LogP contribution in [0.25, 0.3) is 0 Å². The Morgan fingerprint density at radius 3 is 2.03 bits per heavy atom. The van der Waals surface area contributed by atoms with Crippen molar-refractivity contribution in [2.75, 3.05) is 17.2 Å². The van der Waals surface area contributed by atoms with Crippen LogP contribution in [0.1, 0.15) is 12.8 Å². The van der Waals surface area contributed by atoms with Gasteiger partial charge in [0, 0.05) is 17.8 Å². The lowest BCUT2D eigenvalue weighted by Gasteiger charge is -2.21. The summed E-state index contributed by atoms with van der Waals surface area (Å²) in [4.78, 5) is 71.3. The number of anilines is 2. The number of cyclic esters (lactones) is 1. The van der Waals surface area contributed by atoms with Crippen LogP contribution >= 0.6 is 15.2 Å². The van der Waals surface area contributed by atoms with Gasteiger partial charge in [-0.1, -0.05) is 0 Å². The van der Waals surface area contributed by atoms with Gasteiger partial charge in [-0.15, -0.1) is 0 Å². The van der Waals surface area contributed by atoms with Gasteiger partial charge < -0.3 is 55.0 Å². The molecule has 35 heavy (non-hydrogen) atoms. The van der Waals surface area contributed by atoms with Crippen molar-refractivity contribution in [1.82, 2.24) is 0 Å². The highest BCUT2D eigenvalue weighted by Gasteiger charge is 2.43. The zero-order valence-electron chi connectivity index (χ0n) is 17.5. The molecule has 9 N–H and O–H groups in total. The minimum atomic E-state index is -5.19. The monoisotopic (exact) mass is 540 g/mol. The highest BCUT2D eigenvalue weighted by atomic mass is 31.2. The van der Waals surface area contributed by atoms with Gasteiger partial charge in [0.15, 0.2) is 11.9 Å². The third-order valence-electron chi connectivity index (χ3n) is 4.36. The summed E-state index contributed by atoms with van der Waals surface area (Å²) < 4.78 is 31.8. The van der Waals surface area contributed by atoms with E-state index in [4.69, 9.17) is 24.3 Å². The summed E-state index contributed by atoms with van der Waals surface area (Å²) in [5, 5.41) is 32.9. The van der Waals surface area contributed by atoms with Gasteiger partial charge in [-0.05, 0) is 24.3 Å². The molecule has 1 amide bonds. The molecule has 1 aromatic carbocycles. The Morgan fingerprint density at radius 1 is 1.00 bits per heavy atom. The molecule has 16 nitrogen and oxygen atoms in total. The molecule has 0 aliphatic carbocycles. The highest BCUT2D eigenvalue weighted by molar-refractivity contribution is 7.71. The maximum Gasteiger partial charge on any atom is 0.377 e. The molecule has 1 aromatic rings. The molecule has 0 spiro atoms. The van der Waals surface area contributed by atoms with E-state index >= 15 is 0 Å². The van der Waals surface area contributed by atoms with Crippen LogP contribution in [0, 0.1) is 0 Å². The molecule has 0 saturated heterocycles. The number of rotatable bonds is 11. The molecule has 0 fully saturated rings. The van der Waals surface area contributed by atoms with Gasteiger partial charge in [0.2, 0.25) is 17.2 Å². The van der Waals surface area contributed by atoms with Crippen molar-refractivity contribution >= 4 is 44.4 Å². The molecular formula is C17H22N2O14P2. The molecule has 0 saturated carbocycles. The number of esters is 2. The fourth-order valence-electron chi connectivity index (χ4n) is 2.67. The molecule has 1 heterocycles. The lowest BCUT2D eigenvalue weighted by molar-refractivity contribution is -0.155. The fourth-order valence-corrected chi connectivity index (χ4v) is 4.87. The van der Waals surface area contributed by atoms with E-state index in [9.17, 15) is 38.8 Å². The molecule has 18 heteroatoms. The van der Waals surface area contributed by atoms with E-state index in [2.05, 4.69) is 10.1 Å². The predicted octanol–water partition coefficient (Wildman–Crippen LogP) is -0.387. The fraction of sp³-hybridized carbons (Fsp3) is 0.353. The molecular weight excluding hydrogens is 518 g/mol.